The van der Waals surface area contributed by atoms with Gasteiger partial charge in [0, 0.05) is 5.56 Å². The van der Waals surface area contributed by atoms with Crippen LogP contribution in [0.15, 0.2) is 18.2 Å². The Bertz CT molecular complexity index is 559. The Kier molecular flexibility index (Phi) is 5.15. The molecule has 1 atom stereocenters. The average molecular weight is 304 g/mol. The third-order valence-corrected chi connectivity index (χ3v) is 5.53. The SMILES string of the molecule is CC(O)c1cc(F)ccc1OCCS(=O)(=O)C(C)(C)C. The highest BCUT2D eigenvalue weighted by atomic mass is 32.2. The average Bonchev–Trinajstić information content (AvgIpc) is 2.29. The first-order chi connectivity index (χ1) is 9.04. The van der Waals surface area contributed by atoms with E-state index < -0.39 is 26.5 Å². The zero-order chi connectivity index (χ0) is 15.6. The van der Waals surface area contributed by atoms with E-state index in [1.807, 2.05) is 0 Å². The number of rotatable bonds is 5. The molecule has 1 N–H and O–H groups in total. The molecule has 0 aliphatic rings. The molecule has 1 aromatic carbocycles. The summed E-state index contributed by atoms with van der Waals surface area (Å²) >= 11 is 0. The second-order valence-electron chi connectivity index (χ2n) is 5.64. The molecule has 0 aliphatic carbocycles. The van der Waals surface area contributed by atoms with Gasteiger partial charge >= 0.3 is 0 Å². The van der Waals surface area contributed by atoms with Crippen molar-refractivity contribution >= 4 is 9.84 Å². The van der Waals surface area contributed by atoms with E-state index in [2.05, 4.69) is 0 Å². The van der Waals surface area contributed by atoms with E-state index >= 15 is 0 Å². The molecule has 0 amide bonds. The molecule has 1 aromatic rings. The van der Waals surface area contributed by atoms with Crippen LogP contribution in [0.2, 0.25) is 0 Å². The highest BCUT2D eigenvalue weighted by molar-refractivity contribution is 7.92. The predicted molar refractivity (Wildman–Crippen MR) is 76.1 cm³/mol. The molecule has 4 nitrogen and oxygen atoms in total. The number of aliphatic hydroxyl groups excluding tert-OH is 1. The van der Waals surface area contributed by atoms with Crippen molar-refractivity contribution in [3.05, 3.63) is 29.6 Å². The first-order valence-corrected chi connectivity index (χ1v) is 8.02. The molecule has 0 bridgehead atoms. The van der Waals surface area contributed by atoms with Crippen LogP contribution in [0, 0.1) is 5.82 Å². The second-order valence-corrected chi connectivity index (χ2v) is 8.50. The molecule has 6 heteroatoms. The van der Waals surface area contributed by atoms with Gasteiger partial charge in [0.25, 0.3) is 0 Å². The monoisotopic (exact) mass is 304 g/mol. The van der Waals surface area contributed by atoms with Crippen molar-refractivity contribution in [2.24, 2.45) is 0 Å². The number of hydrogen-bond donors (Lipinski definition) is 1. The fourth-order valence-electron chi connectivity index (χ4n) is 1.54. The fraction of sp³-hybridized carbons (Fsp3) is 0.571. The summed E-state index contributed by atoms with van der Waals surface area (Å²) in [7, 11) is -3.27. The maximum atomic E-state index is 13.1. The van der Waals surface area contributed by atoms with Gasteiger partial charge in [-0.15, -0.1) is 0 Å². The van der Waals surface area contributed by atoms with E-state index in [4.69, 9.17) is 4.74 Å². The lowest BCUT2D eigenvalue weighted by atomic mass is 10.1. The normalized spacial score (nSPS) is 14.1. The summed E-state index contributed by atoms with van der Waals surface area (Å²) in [6, 6.07) is 3.78. The zero-order valence-corrected chi connectivity index (χ0v) is 13.0. The predicted octanol–water partition coefficient (Wildman–Crippen LogP) is 2.47. The summed E-state index contributed by atoms with van der Waals surface area (Å²) in [6.45, 7) is 6.34. The number of ether oxygens (including phenoxy) is 1. The van der Waals surface area contributed by atoms with Crippen LogP contribution >= 0.6 is 0 Å². The Morgan fingerprint density at radius 1 is 1.35 bits per heavy atom. The lowest BCUT2D eigenvalue weighted by molar-refractivity contribution is 0.191. The molecule has 0 aromatic heterocycles. The van der Waals surface area contributed by atoms with Crippen molar-refractivity contribution in [2.45, 2.75) is 38.5 Å². The lowest BCUT2D eigenvalue weighted by Crippen LogP contribution is -2.32. The Morgan fingerprint density at radius 3 is 2.45 bits per heavy atom. The van der Waals surface area contributed by atoms with Crippen molar-refractivity contribution in [3.63, 3.8) is 0 Å². The number of hydrogen-bond acceptors (Lipinski definition) is 4. The number of sulfone groups is 1. The third kappa shape index (κ3) is 4.18. The van der Waals surface area contributed by atoms with E-state index in [9.17, 15) is 17.9 Å². The summed E-state index contributed by atoms with van der Waals surface area (Å²) in [5.74, 6) is -0.311. The van der Waals surface area contributed by atoms with E-state index in [0.29, 0.717) is 11.3 Å². The van der Waals surface area contributed by atoms with Gasteiger partial charge in [-0.05, 0) is 45.9 Å². The molecule has 0 heterocycles. The fourth-order valence-corrected chi connectivity index (χ4v) is 2.46. The van der Waals surface area contributed by atoms with Crippen LogP contribution in [-0.2, 0) is 9.84 Å². The topological polar surface area (TPSA) is 63.6 Å². The van der Waals surface area contributed by atoms with Crippen LogP contribution < -0.4 is 4.74 Å². The van der Waals surface area contributed by atoms with Gasteiger partial charge in [0.05, 0.1) is 16.6 Å². The van der Waals surface area contributed by atoms with E-state index in [0.717, 1.165) is 0 Å². The quantitative estimate of drug-likeness (QED) is 0.907. The molecule has 20 heavy (non-hydrogen) atoms. The molecular weight excluding hydrogens is 283 g/mol. The number of aliphatic hydroxyl groups is 1. The van der Waals surface area contributed by atoms with Gasteiger partial charge in [-0.1, -0.05) is 0 Å². The minimum atomic E-state index is -3.27. The first-order valence-electron chi connectivity index (χ1n) is 6.37. The highest BCUT2D eigenvalue weighted by Crippen LogP contribution is 2.26. The minimum absolute atomic E-state index is 0.0368. The third-order valence-electron chi connectivity index (χ3n) is 2.96. The van der Waals surface area contributed by atoms with Gasteiger partial charge in [-0.25, -0.2) is 12.8 Å². The van der Waals surface area contributed by atoms with Crippen LogP contribution in [0.5, 0.6) is 5.75 Å². The Hall–Kier alpha value is -1.14. The molecule has 1 rings (SSSR count). The summed E-state index contributed by atoms with van der Waals surface area (Å²) in [6.07, 6.45) is -0.889. The first kappa shape index (κ1) is 16.9. The molecule has 0 radical (unpaired) electrons. The lowest BCUT2D eigenvalue weighted by Gasteiger charge is -2.20. The Labute approximate surface area is 119 Å². The van der Waals surface area contributed by atoms with E-state index in [-0.39, 0.29) is 12.4 Å². The van der Waals surface area contributed by atoms with Gasteiger partial charge in [0.2, 0.25) is 0 Å². The van der Waals surface area contributed by atoms with Gasteiger partial charge < -0.3 is 9.84 Å². The molecule has 0 aliphatic heterocycles. The van der Waals surface area contributed by atoms with Crippen LogP contribution in [0.1, 0.15) is 39.4 Å². The molecule has 0 fully saturated rings. The van der Waals surface area contributed by atoms with Crippen LogP contribution in [-0.4, -0.2) is 30.6 Å². The van der Waals surface area contributed by atoms with Crippen molar-refractivity contribution in [2.75, 3.05) is 12.4 Å². The number of halogens is 1. The van der Waals surface area contributed by atoms with Crippen molar-refractivity contribution < 1.29 is 22.7 Å². The minimum Gasteiger partial charge on any atom is -0.492 e. The summed E-state index contributed by atoms with van der Waals surface area (Å²) in [4.78, 5) is 0. The van der Waals surface area contributed by atoms with Gasteiger partial charge in [0.1, 0.15) is 18.2 Å². The standard InChI is InChI=1S/C14H21FO4S/c1-10(16)12-9-11(15)5-6-13(12)19-7-8-20(17,18)14(2,3)4/h5-6,9-10,16H,7-8H2,1-4H3. The molecule has 0 saturated heterocycles. The molecule has 0 saturated carbocycles. The highest BCUT2D eigenvalue weighted by Gasteiger charge is 2.28. The van der Waals surface area contributed by atoms with Gasteiger partial charge in [-0.3, -0.25) is 0 Å². The number of benzene rings is 1. The zero-order valence-electron chi connectivity index (χ0n) is 12.2. The van der Waals surface area contributed by atoms with Gasteiger partial charge in [-0.2, -0.15) is 0 Å². The Morgan fingerprint density at radius 2 is 1.95 bits per heavy atom. The molecular formula is C14H21FO4S. The van der Waals surface area contributed by atoms with E-state index in [1.54, 1.807) is 20.8 Å². The maximum Gasteiger partial charge on any atom is 0.158 e. The Balaban J connectivity index is 2.77. The molecule has 0 spiro atoms. The van der Waals surface area contributed by atoms with Crippen LogP contribution in [0.3, 0.4) is 0 Å². The largest absolute Gasteiger partial charge is 0.492 e. The maximum absolute atomic E-state index is 13.1. The van der Waals surface area contributed by atoms with E-state index in [1.165, 1.54) is 25.1 Å². The molecule has 1 unspecified atom stereocenters. The summed E-state index contributed by atoms with van der Waals surface area (Å²) < 4.78 is 41.5. The smallest absolute Gasteiger partial charge is 0.158 e. The van der Waals surface area contributed by atoms with Crippen molar-refractivity contribution in [1.82, 2.24) is 0 Å². The summed E-state index contributed by atoms with van der Waals surface area (Å²) in [5, 5.41) is 9.55. The molecule has 114 valence electrons. The van der Waals surface area contributed by atoms with Crippen molar-refractivity contribution in [1.29, 1.82) is 0 Å². The van der Waals surface area contributed by atoms with Crippen LogP contribution in [0.4, 0.5) is 4.39 Å². The van der Waals surface area contributed by atoms with Gasteiger partial charge in [0.15, 0.2) is 9.84 Å². The summed E-state index contributed by atoms with van der Waals surface area (Å²) in [5.41, 5.74) is 0.304. The van der Waals surface area contributed by atoms with Crippen molar-refractivity contribution in [3.8, 4) is 5.75 Å². The second kappa shape index (κ2) is 6.10. The van der Waals surface area contributed by atoms with Crippen LogP contribution in [0.25, 0.3) is 0 Å².